The van der Waals surface area contributed by atoms with Crippen LogP contribution >= 0.6 is 0 Å². The summed E-state index contributed by atoms with van der Waals surface area (Å²) in [6.07, 6.45) is 12.6. The van der Waals surface area contributed by atoms with E-state index >= 15 is 0 Å². The molecule has 2 fully saturated rings. The average molecular weight is 314 g/mol. The van der Waals surface area contributed by atoms with Crippen molar-refractivity contribution >= 4 is 0 Å². The highest BCUT2D eigenvalue weighted by molar-refractivity contribution is 5.35. The van der Waals surface area contributed by atoms with Gasteiger partial charge in [0.2, 0.25) is 0 Å². The third-order valence-corrected chi connectivity index (χ3v) is 6.01. The van der Waals surface area contributed by atoms with Crippen LogP contribution in [0, 0.1) is 0 Å². The first-order valence-corrected chi connectivity index (χ1v) is 9.89. The Labute approximate surface area is 143 Å². The van der Waals surface area contributed by atoms with Gasteiger partial charge in [0.25, 0.3) is 0 Å². The molecule has 2 aliphatic rings. The normalized spacial score (nSPS) is 27.1. The Kier molecular flexibility index (Phi) is 5.46. The van der Waals surface area contributed by atoms with Crippen LogP contribution in [0.3, 0.4) is 0 Å². The SMILES string of the molecule is CC(C)(C)c1ccccc1[C@H]1CC[C@H](NC2CCCCC2)CC1. The molecule has 0 unspecified atom stereocenters. The lowest BCUT2D eigenvalue weighted by atomic mass is 9.74. The maximum absolute atomic E-state index is 3.97. The van der Waals surface area contributed by atoms with E-state index in [2.05, 4.69) is 50.4 Å². The molecule has 23 heavy (non-hydrogen) atoms. The standard InChI is InChI=1S/C22H35N/c1-22(2,3)21-12-8-7-11-20(21)17-13-15-19(16-14-17)23-18-9-5-4-6-10-18/h7-8,11-12,17-19,23H,4-6,9-10,13-16H2,1-3H3/t17-,19-. The third-order valence-electron chi connectivity index (χ3n) is 6.01. The fraction of sp³-hybridized carbons (Fsp3) is 0.727. The largest absolute Gasteiger partial charge is 0.311 e. The minimum absolute atomic E-state index is 0.258. The molecular weight excluding hydrogens is 278 g/mol. The molecule has 0 radical (unpaired) electrons. The molecule has 1 aromatic rings. The summed E-state index contributed by atoms with van der Waals surface area (Å²) in [5.41, 5.74) is 3.44. The molecule has 1 nitrogen and oxygen atoms in total. The minimum Gasteiger partial charge on any atom is -0.311 e. The zero-order valence-corrected chi connectivity index (χ0v) is 15.4. The van der Waals surface area contributed by atoms with Gasteiger partial charge in [-0.25, -0.2) is 0 Å². The summed E-state index contributed by atoms with van der Waals surface area (Å²) in [5.74, 6) is 0.773. The van der Waals surface area contributed by atoms with Gasteiger partial charge >= 0.3 is 0 Å². The van der Waals surface area contributed by atoms with Gasteiger partial charge in [-0.1, -0.05) is 64.3 Å². The van der Waals surface area contributed by atoms with E-state index in [1.165, 1.54) is 57.8 Å². The smallest absolute Gasteiger partial charge is 0.00700 e. The fourth-order valence-electron chi connectivity index (χ4n) is 4.71. The first kappa shape index (κ1) is 17.0. The first-order valence-electron chi connectivity index (χ1n) is 9.89. The van der Waals surface area contributed by atoms with Gasteiger partial charge in [-0.3, -0.25) is 0 Å². The second kappa shape index (κ2) is 7.38. The van der Waals surface area contributed by atoms with Gasteiger partial charge < -0.3 is 5.32 Å². The number of hydrogen-bond donors (Lipinski definition) is 1. The van der Waals surface area contributed by atoms with Crippen molar-refractivity contribution in [1.29, 1.82) is 0 Å². The molecule has 0 aromatic heterocycles. The van der Waals surface area contributed by atoms with Crippen molar-refractivity contribution in [3.05, 3.63) is 35.4 Å². The monoisotopic (exact) mass is 313 g/mol. The van der Waals surface area contributed by atoms with Gasteiger partial charge in [0.05, 0.1) is 0 Å². The maximum Gasteiger partial charge on any atom is 0.00700 e. The van der Waals surface area contributed by atoms with Crippen molar-refractivity contribution in [2.75, 3.05) is 0 Å². The molecule has 1 aromatic carbocycles. The van der Waals surface area contributed by atoms with Gasteiger partial charge in [-0.2, -0.15) is 0 Å². The molecular formula is C22H35N. The van der Waals surface area contributed by atoms with E-state index in [0.717, 1.165) is 18.0 Å². The summed E-state index contributed by atoms with van der Waals surface area (Å²) < 4.78 is 0. The summed E-state index contributed by atoms with van der Waals surface area (Å²) in [5, 5.41) is 3.97. The molecule has 1 heteroatoms. The van der Waals surface area contributed by atoms with E-state index in [9.17, 15) is 0 Å². The van der Waals surface area contributed by atoms with Crippen LogP contribution < -0.4 is 5.32 Å². The number of nitrogens with one attached hydrogen (secondary N) is 1. The second-order valence-corrected chi connectivity index (χ2v) is 8.89. The van der Waals surface area contributed by atoms with Gasteiger partial charge in [0, 0.05) is 12.1 Å². The van der Waals surface area contributed by atoms with Crippen LogP contribution in [0.4, 0.5) is 0 Å². The molecule has 0 heterocycles. The molecule has 0 bridgehead atoms. The molecule has 0 aliphatic heterocycles. The van der Waals surface area contributed by atoms with Crippen molar-refractivity contribution in [3.63, 3.8) is 0 Å². The van der Waals surface area contributed by atoms with Crippen molar-refractivity contribution < 1.29 is 0 Å². The van der Waals surface area contributed by atoms with Crippen molar-refractivity contribution in [2.24, 2.45) is 0 Å². The van der Waals surface area contributed by atoms with E-state index in [-0.39, 0.29) is 5.41 Å². The number of hydrogen-bond acceptors (Lipinski definition) is 1. The molecule has 0 spiro atoms. The Hall–Kier alpha value is -0.820. The summed E-state index contributed by atoms with van der Waals surface area (Å²) in [4.78, 5) is 0. The zero-order valence-electron chi connectivity index (χ0n) is 15.4. The first-order chi connectivity index (χ1) is 11.0. The topological polar surface area (TPSA) is 12.0 Å². The van der Waals surface area contributed by atoms with Crippen LogP contribution in [0.1, 0.15) is 95.6 Å². The quantitative estimate of drug-likeness (QED) is 0.729. The predicted octanol–water partition coefficient (Wildman–Crippen LogP) is 5.93. The second-order valence-electron chi connectivity index (χ2n) is 8.89. The Morgan fingerprint density at radius 3 is 2.04 bits per heavy atom. The van der Waals surface area contributed by atoms with Gasteiger partial charge in [0.15, 0.2) is 0 Å². The van der Waals surface area contributed by atoms with Crippen LogP contribution in [0.2, 0.25) is 0 Å². The highest BCUT2D eigenvalue weighted by Gasteiger charge is 2.28. The average Bonchev–Trinajstić information content (AvgIpc) is 2.56. The van der Waals surface area contributed by atoms with Crippen molar-refractivity contribution in [2.45, 2.75) is 102 Å². The summed E-state index contributed by atoms with van der Waals surface area (Å²) in [6.45, 7) is 7.05. The molecule has 128 valence electrons. The third kappa shape index (κ3) is 4.38. The van der Waals surface area contributed by atoms with E-state index in [0.29, 0.717) is 0 Å². The highest BCUT2D eigenvalue weighted by atomic mass is 15.0. The molecule has 0 atom stereocenters. The molecule has 2 saturated carbocycles. The van der Waals surface area contributed by atoms with Crippen molar-refractivity contribution in [3.8, 4) is 0 Å². The Morgan fingerprint density at radius 1 is 0.783 bits per heavy atom. The number of rotatable bonds is 3. The van der Waals surface area contributed by atoms with Gasteiger partial charge in [-0.15, -0.1) is 0 Å². The number of benzene rings is 1. The molecule has 1 N–H and O–H groups in total. The Morgan fingerprint density at radius 2 is 1.39 bits per heavy atom. The highest BCUT2D eigenvalue weighted by Crippen LogP contribution is 2.38. The maximum atomic E-state index is 3.97. The molecule has 0 saturated heterocycles. The van der Waals surface area contributed by atoms with E-state index in [4.69, 9.17) is 0 Å². The Balaban J connectivity index is 1.59. The molecule has 3 rings (SSSR count). The lowest BCUT2D eigenvalue weighted by Crippen LogP contribution is -2.41. The van der Waals surface area contributed by atoms with Crippen molar-refractivity contribution in [1.82, 2.24) is 5.32 Å². The lowest BCUT2D eigenvalue weighted by molar-refractivity contribution is 0.277. The van der Waals surface area contributed by atoms with Gasteiger partial charge in [-0.05, 0) is 61.0 Å². The fourth-order valence-corrected chi connectivity index (χ4v) is 4.71. The van der Waals surface area contributed by atoms with Crippen LogP contribution in [0.25, 0.3) is 0 Å². The predicted molar refractivity (Wildman–Crippen MR) is 100 cm³/mol. The molecule has 2 aliphatic carbocycles. The van der Waals surface area contributed by atoms with Crippen LogP contribution in [0.5, 0.6) is 0 Å². The van der Waals surface area contributed by atoms with Crippen LogP contribution in [-0.4, -0.2) is 12.1 Å². The summed E-state index contributed by atoms with van der Waals surface area (Å²) in [7, 11) is 0. The van der Waals surface area contributed by atoms with Crippen LogP contribution in [-0.2, 0) is 5.41 Å². The minimum atomic E-state index is 0.258. The Bertz CT molecular complexity index is 485. The van der Waals surface area contributed by atoms with E-state index in [1.807, 2.05) is 0 Å². The van der Waals surface area contributed by atoms with Crippen LogP contribution in [0.15, 0.2) is 24.3 Å². The summed E-state index contributed by atoms with van der Waals surface area (Å²) in [6, 6.07) is 10.8. The van der Waals surface area contributed by atoms with E-state index in [1.54, 1.807) is 11.1 Å². The lowest BCUT2D eigenvalue weighted by Gasteiger charge is -2.35. The summed E-state index contributed by atoms with van der Waals surface area (Å²) >= 11 is 0. The van der Waals surface area contributed by atoms with Gasteiger partial charge in [0.1, 0.15) is 0 Å². The molecule has 0 amide bonds. The van der Waals surface area contributed by atoms with E-state index < -0.39 is 0 Å². The zero-order chi connectivity index (χ0) is 16.3.